The Balaban J connectivity index is 0. The molecule has 0 spiro atoms. The van der Waals surface area contributed by atoms with Crippen molar-refractivity contribution < 1.29 is 32.3 Å². The maximum Gasteiger partial charge on any atom is 0.417 e. The summed E-state index contributed by atoms with van der Waals surface area (Å²) in [5.74, 6) is -2.16. The minimum absolute atomic E-state index is 0.242. The second kappa shape index (κ2) is 16.7. The van der Waals surface area contributed by atoms with E-state index in [0.717, 1.165) is 31.2 Å². The molecule has 35 heavy (non-hydrogen) atoms. The number of carbonyl (C=O) groups is 2. The summed E-state index contributed by atoms with van der Waals surface area (Å²) in [6, 6.07) is 4.15. The van der Waals surface area contributed by atoms with E-state index in [-0.39, 0.29) is 11.8 Å². The summed E-state index contributed by atoms with van der Waals surface area (Å²) in [5, 5.41) is 12.6. The average Bonchev–Trinajstić information content (AvgIpc) is 2.82. The van der Waals surface area contributed by atoms with E-state index in [1.807, 2.05) is 34.6 Å². The van der Waals surface area contributed by atoms with Crippen molar-refractivity contribution in [3.8, 4) is 6.07 Å². The smallest absolute Gasteiger partial charge is 0.393 e. The van der Waals surface area contributed by atoms with E-state index in [1.165, 1.54) is 20.1 Å². The molecule has 0 saturated heterocycles. The monoisotopic (exact) mass is 501 g/mol. The van der Waals surface area contributed by atoms with Crippen LogP contribution in [0.5, 0.6) is 0 Å². The molecule has 1 aromatic rings. The van der Waals surface area contributed by atoms with Gasteiger partial charge in [-0.1, -0.05) is 32.9 Å². The van der Waals surface area contributed by atoms with Gasteiger partial charge in [-0.25, -0.2) is 0 Å². The van der Waals surface area contributed by atoms with Crippen molar-refractivity contribution in [3.63, 3.8) is 0 Å². The molecular weight excluding hydrogens is 463 g/mol. The fourth-order valence-electron chi connectivity index (χ4n) is 2.35. The number of benzene rings is 1. The molecule has 0 N–H and O–H groups in total. The Morgan fingerprint density at radius 2 is 1.69 bits per heavy atom. The van der Waals surface area contributed by atoms with Crippen LogP contribution in [0.3, 0.4) is 0 Å². The van der Waals surface area contributed by atoms with E-state index in [4.69, 9.17) is 14.8 Å². The summed E-state index contributed by atoms with van der Waals surface area (Å²) in [7, 11) is 1.38. The number of imide groups is 1. The SMILES string of the molecule is CC.CCC(C)ON=C(C)C.COC(C)C(C)C(=O)N(C(C)=O)c1ccc(C#N)c(C(F)(F)F)c1. The van der Waals surface area contributed by atoms with E-state index in [1.54, 1.807) is 6.92 Å². The van der Waals surface area contributed by atoms with Gasteiger partial charge in [0.15, 0.2) is 0 Å². The van der Waals surface area contributed by atoms with Crippen LogP contribution in [0.15, 0.2) is 23.4 Å². The third-order valence-electron chi connectivity index (χ3n) is 4.68. The third-order valence-corrected chi connectivity index (χ3v) is 4.68. The van der Waals surface area contributed by atoms with Crippen LogP contribution in [-0.4, -0.2) is 36.8 Å². The first kappa shape index (κ1) is 34.2. The maximum absolute atomic E-state index is 13.1. The largest absolute Gasteiger partial charge is 0.417 e. The molecule has 0 aliphatic rings. The fraction of sp³-hybridized carbons (Fsp3) is 0.600. The Labute approximate surface area is 206 Å². The lowest BCUT2D eigenvalue weighted by Gasteiger charge is -2.26. The van der Waals surface area contributed by atoms with Crippen LogP contribution in [0.25, 0.3) is 0 Å². The minimum Gasteiger partial charge on any atom is -0.393 e. The number of amides is 2. The Kier molecular flexibility index (Phi) is 16.3. The summed E-state index contributed by atoms with van der Waals surface area (Å²) in [6.07, 6.45) is -4.05. The molecule has 0 saturated carbocycles. The second-order valence-corrected chi connectivity index (χ2v) is 7.62. The van der Waals surface area contributed by atoms with Crippen LogP contribution in [0.4, 0.5) is 18.9 Å². The Morgan fingerprint density at radius 3 is 2.06 bits per heavy atom. The van der Waals surface area contributed by atoms with E-state index >= 15 is 0 Å². The zero-order valence-electron chi connectivity index (χ0n) is 22.3. The van der Waals surface area contributed by atoms with Crippen molar-refractivity contribution in [1.82, 2.24) is 0 Å². The van der Waals surface area contributed by atoms with Gasteiger partial charge in [-0.2, -0.15) is 18.4 Å². The quantitative estimate of drug-likeness (QED) is 0.321. The standard InChI is InChI=1S/C16H17F3N2O3.C7H15NO.C2H6/c1-9(10(2)24-4)15(23)21(11(3)22)13-6-5-12(8-20)14(7-13)16(17,18)19;1-5-7(4)9-8-6(2)3;1-2/h5-7,9-10H,1-4H3;7H,5H2,1-4H3;1-2H3. The van der Waals surface area contributed by atoms with Gasteiger partial charge >= 0.3 is 6.18 Å². The Hall–Kier alpha value is -2.93. The number of rotatable bonds is 7. The molecule has 10 heteroatoms. The van der Waals surface area contributed by atoms with Gasteiger partial charge in [0.1, 0.15) is 6.10 Å². The highest BCUT2D eigenvalue weighted by Gasteiger charge is 2.36. The molecule has 0 bridgehead atoms. The van der Waals surface area contributed by atoms with Crippen LogP contribution in [0.1, 0.15) is 79.9 Å². The van der Waals surface area contributed by atoms with Gasteiger partial charge in [0.05, 0.1) is 40.6 Å². The van der Waals surface area contributed by atoms with Crippen molar-refractivity contribution in [2.24, 2.45) is 11.1 Å². The first-order valence-electron chi connectivity index (χ1n) is 11.4. The normalized spacial score (nSPS) is 12.8. The van der Waals surface area contributed by atoms with Crippen molar-refractivity contribution in [2.45, 2.75) is 87.1 Å². The number of ether oxygens (including phenoxy) is 1. The van der Waals surface area contributed by atoms with Crippen LogP contribution in [-0.2, 0) is 25.3 Å². The lowest BCUT2D eigenvalue weighted by molar-refractivity contribution is -0.138. The molecular formula is C25H38F3N3O4. The highest BCUT2D eigenvalue weighted by molar-refractivity contribution is 6.14. The van der Waals surface area contributed by atoms with E-state index in [9.17, 15) is 22.8 Å². The molecule has 3 unspecified atom stereocenters. The molecule has 1 rings (SSSR count). The van der Waals surface area contributed by atoms with Crippen LogP contribution < -0.4 is 4.90 Å². The lowest BCUT2D eigenvalue weighted by atomic mass is 10.0. The number of oxime groups is 1. The van der Waals surface area contributed by atoms with Gasteiger partial charge in [-0.15, -0.1) is 0 Å². The van der Waals surface area contributed by atoms with Crippen LogP contribution in [0, 0.1) is 17.2 Å². The van der Waals surface area contributed by atoms with Gasteiger partial charge in [0.25, 0.3) is 0 Å². The highest BCUT2D eigenvalue weighted by Crippen LogP contribution is 2.35. The molecule has 7 nitrogen and oxygen atoms in total. The molecule has 0 aliphatic heterocycles. The molecule has 1 aromatic carbocycles. The molecule has 198 valence electrons. The van der Waals surface area contributed by atoms with E-state index in [2.05, 4.69) is 12.1 Å². The van der Waals surface area contributed by atoms with E-state index in [0.29, 0.717) is 11.0 Å². The predicted molar refractivity (Wildman–Crippen MR) is 131 cm³/mol. The van der Waals surface area contributed by atoms with Gasteiger partial charge in [-0.05, 0) is 52.3 Å². The molecule has 0 radical (unpaired) electrons. The number of nitrogens with zero attached hydrogens (tertiary/aromatic N) is 3. The summed E-state index contributed by atoms with van der Waals surface area (Å²) in [6.45, 7) is 16.1. The molecule has 0 aromatic heterocycles. The van der Waals surface area contributed by atoms with Crippen molar-refractivity contribution in [1.29, 1.82) is 5.26 Å². The number of hydrogen-bond donors (Lipinski definition) is 0. The topological polar surface area (TPSA) is 92.0 Å². The zero-order chi connectivity index (χ0) is 27.9. The first-order chi connectivity index (χ1) is 16.2. The summed E-state index contributed by atoms with van der Waals surface area (Å²) in [5.41, 5.74) is -1.06. The van der Waals surface area contributed by atoms with Crippen molar-refractivity contribution in [2.75, 3.05) is 12.0 Å². The summed E-state index contributed by atoms with van der Waals surface area (Å²) in [4.78, 5) is 30.0. The number of halogens is 3. The molecule has 0 aliphatic carbocycles. The van der Waals surface area contributed by atoms with Crippen LogP contribution in [0.2, 0.25) is 0 Å². The number of methoxy groups -OCH3 is 1. The molecule has 2 amide bonds. The van der Waals surface area contributed by atoms with Crippen molar-refractivity contribution in [3.05, 3.63) is 29.3 Å². The fourth-order valence-corrected chi connectivity index (χ4v) is 2.35. The number of nitriles is 1. The number of alkyl halides is 3. The second-order valence-electron chi connectivity index (χ2n) is 7.62. The molecule has 0 heterocycles. The minimum atomic E-state index is -4.78. The van der Waals surface area contributed by atoms with Crippen LogP contribution >= 0.6 is 0 Å². The van der Waals surface area contributed by atoms with Gasteiger partial charge < -0.3 is 9.57 Å². The summed E-state index contributed by atoms with van der Waals surface area (Å²) < 4.78 is 44.2. The van der Waals surface area contributed by atoms with Gasteiger partial charge in [-0.3, -0.25) is 14.5 Å². The molecule has 0 fully saturated rings. The van der Waals surface area contributed by atoms with E-state index < -0.39 is 41.1 Å². The van der Waals surface area contributed by atoms with Gasteiger partial charge in [0.2, 0.25) is 11.8 Å². The lowest BCUT2D eigenvalue weighted by Crippen LogP contribution is -2.42. The van der Waals surface area contributed by atoms with Crippen molar-refractivity contribution >= 4 is 23.2 Å². The Bertz CT molecular complexity index is 876. The average molecular weight is 502 g/mol. The first-order valence-corrected chi connectivity index (χ1v) is 11.4. The third kappa shape index (κ3) is 11.9. The number of carbonyl (C=O) groups excluding carboxylic acids is 2. The zero-order valence-corrected chi connectivity index (χ0v) is 22.3. The molecule has 3 atom stereocenters. The Morgan fingerprint density at radius 1 is 1.14 bits per heavy atom. The number of hydrogen-bond acceptors (Lipinski definition) is 6. The van der Waals surface area contributed by atoms with Gasteiger partial charge in [0, 0.05) is 14.0 Å². The highest BCUT2D eigenvalue weighted by atomic mass is 19.4. The maximum atomic E-state index is 13.1. The number of anilines is 1. The predicted octanol–water partition coefficient (Wildman–Crippen LogP) is 6.35. The summed E-state index contributed by atoms with van der Waals surface area (Å²) >= 11 is 0.